The maximum atomic E-state index is 14.3. The Hall–Kier alpha value is -2.55. The molecule has 3 saturated heterocycles. The predicted octanol–water partition coefficient (Wildman–Crippen LogP) is 3.68. The van der Waals surface area contributed by atoms with E-state index in [0.29, 0.717) is 17.7 Å². The van der Waals surface area contributed by atoms with E-state index in [1.165, 1.54) is 27.7 Å². The molecule has 2 bridgehead atoms. The van der Waals surface area contributed by atoms with Gasteiger partial charge in [0.1, 0.15) is 17.6 Å². The van der Waals surface area contributed by atoms with E-state index in [-0.39, 0.29) is 38.2 Å². The highest BCUT2D eigenvalue weighted by Gasteiger charge is 2.53. The predicted molar refractivity (Wildman–Crippen MR) is 185 cm³/mol. The minimum atomic E-state index is -1.76. The van der Waals surface area contributed by atoms with Crippen molar-refractivity contribution in [1.82, 2.24) is 4.90 Å². The number of aliphatic hydroxyl groups is 1. The average molecular weight is 709 g/mol. The van der Waals surface area contributed by atoms with E-state index < -0.39 is 89.2 Å². The monoisotopic (exact) mass is 708 g/mol. The second kappa shape index (κ2) is 16.9. The van der Waals surface area contributed by atoms with E-state index in [9.17, 15) is 24.3 Å². The highest BCUT2D eigenvalue weighted by molar-refractivity contribution is 6.00. The van der Waals surface area contributed by atoms with Gasteiger partial charge in [-0.3, -0.25) is 19.2 Å². The summed E-state index contributed by atoms with van der Waals surface area (Å²) in [5.74, 6) is -5.55. The number of amides is 1. The van der Waals surface area contributed by atoms with Crippen molar-refractivity contribution in [3.8, 4) is 0 Å². The molecular formula is C37H60N2O11. The normalized spacial score (nSPS) is 41.9. The number of aliphatic imine (C=N–C) groups is 1. The molecule has 3 aliphatic rings. The lowest BCUT2D eigenvalue weighted by atomic mass is 9.73. The zero-order valence-corrected chi connectivity index (χ0v) is 32.0. The first-order valence-electron chi connectivity index (χ1n) is 17.8. The first kappa shape index (κ1) is 41.9. The third-order valence-corrected chi connectivity index (χ3v) is 10.5. The molecule has 13 nitrogen and oxygen atoms in total. The summed E-state index contributed by atoms with van der Waals surface area (Å²) >= 11 is 0. The van der Waals surface area contributed by atoms with Gasteiger partial charge in [-0.1, -0.05) is 34.3 Å². The van der Waals surface area contributed by atoms with E-state index >= 15 is 0 Å². The largest absolute Gasteiger partial charge is 0.459 e. The van der Waals surface area contributed by atoms with Crippen molar-refractivity contribution in [1.29, 1.82) is 0 Å². The molecule has 3 fully saturated rings. The molecule has 1 unspecified atom stereocenters. The summed E-state index contributed by atoms with van der Waals surface area (Å²) in [7, 11) is 3.76. The van der Waals surface area contributed by atoms with Gasteiger partial charge in [0, 0.05) is 31.4 Å². The average Bonchev–Trinajstić information content (AvgIpc) is 3.03. The molecule has 3 heterocycles. The number of rotatable bonds is 5. The summed E-state index contributed by atoms with van der Waals surface area (Å²) in [4.78, 5) is 59.4. The van der Waals surface area contributed by atoms with Crippen LogP contribution in [0.4, 0.5) is 0 Å². The van der Waals surface area contributed by atoms with Crippen molar-refractivity contribution in [2.24, 2.45) is 28.7 Å². The molecule has 0 aromatic rings. The molecule has 0 aromatic carbocycles. The van der Waals surface area contributed by atoms with E-state index in [2.05, 4.69) is 11.6 Å². The molecule has 1 N–H and O–H groups in total. The number of ether oxygens (including phenoxy) is 6. The Balaban J connectivity index is 2.32. The lowest BCUT2D eigenvalue weighted by molar-refractivity contribution is -0.299. The Morgan fingerprint density at radius 1 is 1.06 bits per heavy atom. The molecule has 0 spiro atoms. The van der Waals surface area contributed by atoms with E-state index in [1.54, 1.807) is 13.8 Å². The van der Waals surface area contributed by atoms with Crippen molar-refractivity contribution in [3.05, 3.63) is 12.2 Å². The number of carbonyl (C=O) groups is 4. The van der Waals surface area contributed by atoms with Gasteiger partial charge in [-0.25, -0.2) is 4.99 Å². The highest BCUT2D eigenvalue weighted by atomic mass is 16.7. The smallest absolute Gasteiger partial charge is 0.316 e. The van der Waals surface area contributed by atoms with Gasteiger partial charge in [-0.2, -0.15) is 0 Å². The van der Waals surface area contributed by atoms with Crippen LogP contribution in [-0.4, -0.2) is 121 Å². The molecule has 0 aromatic heterocycles. The molecular weight excluding hydrogens is 648 g/mol. The lowest BCUT2D eigenvalue weighted by Gasteiger charge is -2.48. The van der Waals surface area contributed by atoms with Crippen LogP contribution in [0.3, 0.4) is 0 Å². The van der Waals surface area contributed by atoms with Crippen LogP contribution in [-0.2, 0) is 47.6 Å². The third-order valence-electron chi connectivity index (χ3n) is 10.5. The van der Waals surface area contributed by atoms with Gasteiger partial charge in [-0.15, -0.1) is 0 Å². The molecule has 3 aliphatic heterocycles. The number of esters is 2. The maximum absolute atomic E-state index is 14.3. The van der Waals surface area contributed by atoms with E-state index in [1.807, 2.05) is 46.7 Å². The number of carbonyl (C=O) groups excluding carboxylic acids is 4. The van der Waals surface area contributed by atoms with Crippen LogP contribution < -0.4 is 0 Å². The maximum Gasteiger partial charge on any atom is 0.316 e. The first-order valence-corrected chi connectivity index (χ1v) is 17.8. The standard InChI is InChI=1S/C37H60N2O11/c1-14-28-37(11,44)33-22(5)29(38-25(8)40)20(3)16-36(10,46-18-19(2)17-45-33)32(23(6)30(42)24(7)34(43)49-28)50-35-31(48-26(9)41)27(39(12)13)15-21(4)47-35/h20-24,27-28,31-33,35,44H,2,14-18H2,1,3-13H3/b38-29+/t20-,21-,22+,23+,24-,27+,28-,31-,32?,33-,35+,36-,37-/m1/s1. The summed E-state index contributed by atoms with van der Waals surface area (Å²) in [6.07, 6.45) is -4.42. The Bertz CT molecular complexity index is 1300. The molecule has 0 aliphatic carbocycles. The summed E-state index contributed by atoms with van der Waals surface area (Å²) < 4.78 is 38.0. The van der Waals surface area contributed by atoms with E-state index in [0.717, 1.165) is 0 Å². The fourth-order valence-electron chi connectivity index (χ4n) is 7.90. The number of likely N-dealkylation sites (N-methyl/N-ethyl adjacent to an activating group) is 1. The van der Waals surface area contributed by atoms with Gasteiger partial charge in [0.05, 0.1) is 43.2 Å². The Morgan fingerprint density at radius 2 is 1.70 bits per heavy atom. The Morgan fingerprint density at radius 3 is 2.26 bits per heavy atom. The number of cyclic esters (lactones) is 1. The van der Waals surface area contributed by atoms with E-state index in [4.69, 9.17) is 28.4 Å². The van der Waals surface area contributed by atoms with Gasteiger partial charge < -0.3 is 38.4 Å². The highest BCUT2D eigenvalue weighted by Crippen LogP contribution is 2.40. The van der Waals surface area contributed by atoms with Crippen LogP contribution in [0.25, 0.3) is 0 Å². The SMILES string of the molecule is C=C1CO[C@@H]2[C@@H](C)/C(=N/C(C)=O)[C@H](C)C[C@@](C)(OC1)C(O[C@@H]1O[C@H](C)C[C@H](N(C)C)[C@H]1OC(C)=O)[C@@H](C)C(=O)[C@@H](C)C(=O)O[C@H](CC)[C@@]2(C)O. The Labute approximate surface area is 297 Å². The minimum Gasteiger partial charge on any atom is -0.459 e. The van der Waals surface area contributed by atoms with Crippen LogP contribution in [0.1, 0.15) is 88.5 Å². The molecule has 1 amide bonds. The second-order valence-corrected chi connectivity index (χ2v) is 15.2. The van der Waals surface area contributed by atoms with Gasteiger partial charge in [-0.05, 0) is 72.5 Å². The summed E-state index contributed by atoms with van der Waals surface area (Å²) in [6, 6.07) is -0.269. The molecule has 13 heteroatoms. The number of Topliss-reactive ketones (excluding diaryl/α,β-unsaturated/α-hetero) is 1. The zero-order valence-electron chi connectivity index (χ0n) is 32.0. The number of fused-ring (bicyclic) bond motifs is 5. The van der Waals surface area contributed by atoms with Crippen LogP contribution in [0.2, 0.25) is 0 Å². The van der Waals surface area contributed by atoms with Gasteiger partial charge >= 0.3 is 11.9 Å². The topological polar surface area (TPSA) is 159 Å². The fourth-order valence-corrected chi connectivity index (χ4v) is 7.90. The van der Waals surface area contributed by atoms with Gasteiger partial charge in [0.2, 0.25) is 5.91 Å². The van der Waals surface area contributed by atoms with Gasteiger partial charge in [0.15, 0.2) is 18.2 Å². The van der Waals surface area contributed by atoms with Crippen molar-refractivity contribution < 1.29 is 52.7 Å². The number of nitrogens with zero attached hydrogens (tertiary/aromatic N) is 2. The molecule has 3 rings (SSSR count). The molecule has 284 valence electrons. The van der Waals surface area contributed by atoms with Crippen LogP contribution in [0, 0.1) is 23.7 Å². The molecule has 0 radical (unpaired) electrons. The number of hydrogen-bond acceptors (Lipinski definition) is 12. The lowest BCUT2D eigenvalue weighted by Crippen LogP contribution is -2.60. The number of hydrogen-bond donors (Lipinski definition) is 1. The fraction of sp³-hybridized carbons (Fsp3) is 0.811. The minimum absolute atomic E-state index is 0.00420. The Kier molecular flexibility index (Phi) is 14.1. The third kappa shape index (κ3) is 9.46. The summed E-state index contributed by atoms with van der Waals surface area (Å²) in [5, 5.41) is 12.1. The number of ketones is 1. The first-order chi connectivity index (χ1) is 23.1. The summed E-state index contributed by atoms with van der Waals surface area (Å²) in [5.41, 5.74) is -2.06. The van der Waals surface area contributed by atoms with Crippen molar-refractivity contribution in [3.63, 3.8) is 0 Å². The van der Waals surface area contributed by atoms with Crippen LogP contribution in [0.5, 0.6) is 0 Å². The van der Waals surface area contributed by atoms with Crippen molar-refractivity contribution >= 4 is 29.3 Å². The quantitative estimate of drug-likeness (QED) is 0.251. The van der Waals surface area contributed by atoms with Crippen LogP contribution >= 0.6 is 0 Å². The van der Waals surface area contributed by atoms with Crippen LogP contribution in [0.15, 0.2) is 17.1 Å². The molecule has 13 atom stereocenters. The van der Waals surface area contributed by atoms with Crippen molar-refractivity contribution in [2.75, 3.05) is 27.3 Å². The van der Waals surface area contributed by atoms with Gasteiger partial charge in [0.25, 0.3) is 0 Å². The summed E-state index contributed by atoms with van der Waals surface area (Å²) in [6.45, 7) is 20.7. The zero-order chi connectivity index (χ0) is 37.9. The van der Waals surface area contributed by atoms with Crippen molar-refractivity contribution in [2.45, 2.75) is 143 Å². The molecule has 50 heavy (non-hydrogen) atoms. The second-order valence-electron chi connectivity index (χ2n) is 15.2. The molecule has 0 saturated carbocycles.